The Kier molecular flexibility index (Phi) is 6.28. The van der Waals surface area contributed by atoms with Crippen LogP contribution in [0.4, 0.5) is 0 Å². The summed E-state index contributed by atoms with van der Waals surface area (Å²) >= 11 is 0. The van der Waals surface area contributed by atoms with Crippen LogP contribution in [0.5, 0.6) is 0 Å². The topological polar surface area (TPSA) is 43.9 Å². The summed E-state index contributed by atoms with van der Waals surface area (Å²) in [5, 5.41) is 0. The molecule has 5 nitrogen and oxygen atoms in total. The van der Waals surface area contributed by atoms with Gasteiger partial charge in [0.15, 0.2) is 0 Å². The first-order chi connectivity index (χ1) is 10.3. The van der Waals surface area contributed by atoms with Gasteiger partial charge in [0.1, 0.15) is 0 Å². The zero-order valence-corrected chi connectivity index (χ0v) is 15.5. The molecule has 2 aliphatic rings. The molecular formula is C16H33N3O2S. The van der Waals surface area contributed by atoms with Gasteiger partial charge in [0.05, 0.1) is 5.75 Å². The SMILES string of the molecule is CCCS(=O)(=O)N1CC(N(CC(C)C)C2CCN(C)CC2)C1. The fourth-order valence-electron chi connectivity index (χ4n) is 3.59. The van der Waals surface area contributed by atoms with Crippen LogP contribution in [0.25, 0.3) is 0 Å². The zero-order valence-electron chi connectivity index (χ0n) is 14.7. The summed E-state index contributed by atoms with van der Waals surface area (Å²) in [6.45, 7) is 11.2. The van der Waals surface area contributed by atoms with E-state index in [0.717, 1.165) is 19.6 Å². The molecule has 6 heteroatoms. The first-order valence-electron chi connectivity index (χ1n) is 8.75. The number of hydrogen-bond acceptors (Lipinski definition) is 4. The lowest BCUT2D eigenvalue weighted by Crippen LogP contribution is -2.64. The van der Waals surface area contributed by atoms with E-state index < -0.39 is 10.0 Å². The third-order valence-electron chi connectivity index (χ3n) is 4.89. The maximum Gasteiger partial charge on any atom is 0.214 e. The number of nitrogens with zero attached hydrogens (tertiary/aromatic N) is 3. The molecule has 0 N–H and O–H groups in total. The maximum atomic E-state index is 12.1. The first kappa shape index (κ1) is 18.2. The standard InChI is InChI=1S/C16H33N3O2S/c1-5-10-22(20,21)18-12-16(13-18)19(11-14(2)3)15-6-8-17(4)9-7-15/h14-16H,5-13H2,1-4H3. The third kappa shape index (κ3) is 4.43. The molecule has 0 atom stereocenters. The number of likely N-dealkylation sites (tertiary alicyclic amines) is 1. The van der Waals surface area contributed by atoms with Gasteiger partial charge in [-0.05, 0) is 45.3 Å². The van der Waals surface area contributed by atoms with Gasteiger partial charge in [-0.2, -0.15) is 4.31 Å². The lowest BCUT2D eigenvalue weighted by atomic mass is 9.97. The van der Waals surface area contributed by atoms with Gasteiger partial charge in [0, 0.05) is 31.7 Å². The molecule has 22 heavy (non-hydrogen) atoms. The largest absolute Gasteiger partial charge is 0.306 e. The van der Waals surface area contributed by atoms with Crippen molar-refractivity contribution in [3.8, 4) is 0 Å². The van der Waals surface area contributed by atoms with E-state index in [1.165, 1.54) is 12.8 Å². The average molecular weight is 332 g/mol. The Morgan fingerprint density at radius 2 is 1.73 bits per heavy atom. The van der Waals surface area contributed by atoms with Crippen molar-refractivity contribution in [2.24, 2.45) is 5.92 Å². The Hall–Kier alpha value is -0.170. The summed E-state index contributed by atoms with van der Waals surface area (Å²) in [5.74, 6) is 0.916. The van der Waals surface area contributed by atoms with Crippen LogP contribution in [0.2, 0.25) is 0 Å². The van der Waals surface area contributed by atoms with E-state index in [9.17, 15) is 8.42 Å². The number of hydrogen-bond donors (Lipinski definition) is 0. The van der Waals surface area contributed by atoms with Crippen LogP contribution in [0.3, 0.4) is 0 Å². The van der Waals surface area contributed by atoms with Gasteiger partial charge < -0.3 is 4.90 Å². The van der Waals surface area contributed by atoms with Gasteiger partial charge in [-0.3, -0.25) is 4.90 Å². The Morgan fingerprint density at radius 1 is 1.14 bits per heavy atom. The molecule has 2 saturated heterocycles. The second-order valence-electron chi connectivity index (χ2n) is 7.41. The molecule has 2 fully saturated rings. The van der Waals surface area contributed by atoms with E-state index in [2.05, 4.69) is 30.7 Å². The van der Waals surface area contributed by atoms with Crippen molar-refractivity contribution in [1.82, 2.24) is 14.1 Å². The van der Waals surface area contributed by atoms with Crippen molar-refractivity contribution in [2.45, 2.75) is 52.1 Å². The van der Waals surface area contributed by atoms with Crippen LogP contribution in [0.1, 0.15) is 40.0 Å². The smallest absolute Gasteiger partial charge is 0.214 e. The minimum atomic E-state index is -3.01. The fourth-order valence-corrected chi connectivity index (χ4v) is 5.16. The van der Waals surface area contributed by atoms with E-state index in [0.29, 0.717) is 37.5 Å². The lowest BCUT2D eigenvalue weighted by molar-refractivity contribution is 0.0177. The fraction of sp³-hybridized carbons (Fsp3) is 1.00. The molecule has 0 saturated carbocycles. The van der Waals surface area contributed by atoms with Crippen molar-refractivity contribution in [1.29, 1.82) is 0 Å². The van der Waals surface area contributed by atoms with Crippen molar-refractivity contribution in [2.75, 3.05) is 45.5 Å². The molecule has 2 rings (SSSR count). The summed E-state index contributed by atoms with van der Waals surface area (Å²) in [6, 6.07) is 1.04. The summed E-state index contributed by atoms with van der Waals surface area (Å²) < 4.78 is 25.9. The van der Waals surface area contributed by atoms with Crippen molar-refractivity contribution < 1.29 is 8.42 Å². The molecule has 0 aliphatic carbocycles. The van der Waals surface area contributed by atoms with Gasteiger partial charge in [0.2, 0.25) is 10.0 Å². The summed E-state index contributed by atoms with van der Waals surface area (Å²) in [4.78, 5) is 5.00. The number of piperidine rings is 1. The number of rotatable bonds is 7. The maximum absolute atomic E-state index is 12.1. The Balaban J connectivity index is 1.94. The molecule has 0 radical (unpaired) electrons. The predicted molar refractivity (Wildman–Crippen MR) is 91.5 cm³/mol. The Bertz CT molecular complexity index is 438. The average Bonchev–Trinajstić information content (AvgIpc) is 2.35. The van der Waals surface area contributed by atoms with E-state index in [1.807, 2.05) is 6.92 Å². The molecule has 0 unspecified atom stereocenters. The molecule has 0 amide bonds. The van der Waals surface area contributed by atoms with Crippen molar-refractivity contribution >= 4 is 10.0 Å². The third-order valence-corrected chi connectivity index (χ3v) is 6.90. The van der Waals surface area contributed by atoms with Gasteiger partial charge in [-0.15, -0.1) is 0 Å². The summed E-state index contributed by atoms with van der Waals surface area (Å²) in [5.41, 5.74) is 0. The highest BCUT2D eigenvalue weighted by Gasteiger charge is 2.41. The van der Waals surface area contributed by atoms with Crippen LogP contribution >= 0.6 is 0 Å². The molecular weight excluding hydrogens is 298 g/mol. The lowest BCUT2D eigenvalue weighted by Gasteiger charge is -2.49. The van der Waals surface area contributed by atoms with Crippen LogP contribution < -0.4 is 0 Å². The molecule has 130 valence electrons. The molecule has 2 aliphatic heterocycles. The molecule has 0 spiro atoms. The van der Waals surface area contributed by atoms with Crippen molar-refractivity contribution in [3.63, 3.8) is 0 Å². The molecule has 0 aromatic heterocycles. The minimum Gasteiger partial charge on any atom is -0.306 e. The van der Waals surface area contributed by atoms with Crippen LogP contribution in [0, 0.1) is 5.92 Å². The quantitative estimate of drug-likeness (QED) is 0.708. The van der Waals surface area contributed by atoms with Crippen LogP contribution in [-0.2, 0) is 10.0 Å². The van der Waals surface area contributed by atoms with Crippen LogP contribution in [-0.4, -0.2) is 80.1 Å². The normalized spacial score (nSPS) is 23.4. The second-order valence-corrected chi connectivity index (χ2v) is 9.50. The van der Waals surface area contributed by atoms with Gasteiger partial charge in [-0.1, -0.05) is 20.8 Å². The van der Waals surface area contributed by atoms with E-state index in [1.54, 1.807) is 4.31 Å². The molecule has 0 bridgehead atoms. The van der Waals surface area contributed by atoms with Gasteiger partial charge in [0.25, 0.3) is 0 Å². The van der Waals surface area contributed by atoms with Gasteiger partial charge >= 0.3 is 0 Å². The molecule has 0 aromatic rings. The molecule has 2 heterocycles. The Morgan fingerprint density at radius 3 is 2.23 bits per heavy atom. The second kappa shape index (κ2) is 7.60. The van der Waals surface area contributed by atoms with Crippen molar-refractivity contribution in [3.05, 3.63) is 0 Å². The predicted octanol–water partition coefficient (Wildman–Crippen LogP) is 1.46. The van der Waals surface area contributed by atoms with E-state index >= 15 is 0 Å². The zero-order chi connectivity index (χ0) is 16.3. The first-order valence-corrected chi connectivity index (χ1v) is 10.4. The Labute approximate surface area is 136 Å². The molecule has 0 aromatic carbocycles. The van der Waals surface area contributed by atoms with E-state index in [-0.39, 0.29) is 5.75 Å². The highest BCUT2D eigenvalue weighted by molar-refractivity contribution is 7.89. The number of sulfonamides is 1. The van der Waals surface area contributed by atoms with Crippen LogP contribution in [0.15, 0.2) is 0 Å². The summed E-state index contributed by atoms with van der Waals surface area (Å²) in [7, 11) is -0.824. The monoisotopic (exact) mass is 331 g/mol. The summed E-state index contributed by atoms with van der Waals surface area (Å²) in [6.07, 6.45) is 3.12. The highest BCUT2D eigenvalue weighted by Crippen LogP contribution is 2.26. The van der Waals surface area contributed by atoms with E-state index in [4.69, 9.17) is 0 Å². The highest BCUT2D eigenvalue weighted by atomic mass is 32.2. The minimum absolute atomic E-state index is 0.290. The van der Waals surface area contributed by atoms with Gasteiger partial charge in [-0.25, -0.2) is 8.42 Å².